The van der Waals surface area contributed by atoms with E-state index in [2.05, 4.69) is 24.5 Å². The zero-order valence-corrected chi connectivity index (χ0v) is 11.7. The Labute approximate surface area is 111 Å². The molecule has 3 N–H and O–H groups in total. The van der Waals surface area contributed by atoms with E-state index in [0.717, 1.165) is 12.3 Å². The van der Waals surface area contributed by atoms with Crippen LogP contribution in [0.1, 0.15) is 52.4 Å². The van der Waals surface area contributed by atoms with Crippen LogP contribution in [-0.2, 0) is 0 Å². The maximum Gasteiger partial charge on any atom is 0.315 e. The molecule has 0 aromatic heterocycles. The van der Waals surface area contributed by atoms with E-state index in [0.29, 0.717) is 24.9 Å². The molecule has 4 nitrogen and oxygen atoms in total. The van der Waals surface area contributed by atoms with Crippen LogP contribution in [0.4, 0.5) is 4.79 Å². The van der Waals surface area contributed by atoms with Crippen molar-refractivity contribution in [1.29, 1.82) is 0 Å². The Bertz CT molecular complexity index is 244. The molecule has 2 amide bonds. The van der Waals surface area contributed by atoms with Crippen LogP contribution < -0.4 is 10.6 Å². The van der Waals surface area contributed by atoms with E-state index in [1.54, 1.807) is 0 Å². The predicted octanol–water partition coefficient (Wildman–Crippen LogP) is 2.27. The van der Waals surface area contributed by atoms with Gasteiger partial charge in [-0.25, -0.2) is 4.79 Å². The number of carbonyl (C=O) groups excluding carboxylic acids is 1. The fraction of sp³-hybridized carbons (Fsp3) is 0.929. The largest absolute Gasteiger partial charge is 0.396 e. The number of hydrogen-bond acceptors (Lipinski definition) is 2. The number of nitrogens with one attached hydrogen (secondary N) is 2. The molecule has 1 rings (SSSR count). The predicted molar refractivity (Wildman–Crippen MR) is 73.4 cm³/mol. The zero-order valence-electron chi connectivity index (χ0n) is 11.7. The molecule has 1 fully saturated rings. The summed E-state index contributed by atoms with van der Waals surface area (Å²) in [4.78, 5) is 11.7. The fourth-order valence-electron chi connectivity index (χ4n) is 2.62. The molecule has 1 aliphatic rings. The van der Waals surface area contributed by atoms with Crippen molar-refractivity contribution in [3.05, 3.63) is 0 Å². The summed E-state index contributed by atoms with van der Waals surface area (Å²) in [6.45, 7) is 5.17. The molecule has 4 heteroatoms. The molecule has 0 aromatic rings. The van der Waals surface area contributed by atoms with E-state index >= 15 is 0 Å². The van der Waals surface area contributed by atoms with Crippen LogP contribution in [0.3, 0.4) is 0 Å². The lowest BCUT2D eigenvalue weighted by Gasteiger charge is -2.22. The van der Waals surface area contributed by atoms with Gasteiger partial charge in [-0.15, -0.1) is 0 Å². The van der Waals surface area contributed by atoms with Crippen molar-refractivity contribution in [2.45, 2.75) is 58.4 Å². The highest BCUT2D eigenvalue weighted by atomic mass is 16.3. The first-order chi connectivity index (χ1) is 8.63. The molecule has 1 saturated carbocycles. The summed E-state index contributed by atoms with van der Waals surface area (Å²) in [5.74, 6) is 1.39. The highest BCUT2D eigenvalue weighted by Crippen LogP contribution is 2.30. The molecule has 1 aliphatic carbocycles. The minimum atomic E-state index is -0.0788. The maximum absolute atomic E-state index is 11.7. The van der Waals surface area contributed by atoms with Gasteiger partial charge < -0.3 is 15.7 Å². The Kier molecular flexibility index (Phi) is 7.09. The van der Waals surface area contributed by atoms with Gasteiger partial charge in [-0.1, -0.05) is 26.7 Å². The number of aliphatic hydroxyl groups is 1. The lowest BCUT2D eigenvalue weighted by Crippen LogP contribution is -2.44. The minimum absolute atomic E-state index is 0.0788. The number of urea groups is 1. The second kappa shape index (κ2) is 8.35. The molecule has 2 unspecified atom stereocenters. The van der Waals surface area contributed by atoms with Gasteiger partial charge in [0, 0.05) is 19.2 Å². The Morgan fingerprint density at radius 2 is 2.17 bits per heavy atom. The van der Waals surface area contributed by atoms with E-state index in [4.69, 9.17) is 5.11 Å². The van der Waals surface area contributed by atoms with Gasteiger partial charge in [0.2, 0.25) is 0 Å². The average molecular weight is 256 g/mol. The molecule has 0 spiro atoms. The summed E-state index contributed by atoms with van der Waals surface area (Å²) in [5.41, 5.74) is 0. The van der Waals surface area contributed by atoms with Crippen molar-refractivity contribution in [3.8, 4) is 0 Å². The molecule has 2 atom stereocenters. The summed E-state index contributed by atoms with van der Waals surface area (Å²) in [6, 6.07) is 0.266. The van der Waals surface area contributed by atoms with Gasteiger partial charge in [0.25, 0.3) is 0 Å². The number of rotatable bonds is 7. The molecule has 106 valence electrons. The van der Waals surface area contributed by atoms with Crippen molar-refractivity contribution in [2.75, 3.05) is 13.2 Å². The van der Waals surface area contributed by atoms with Crippen LogP contribution >= 0.6 is 0 Å². The molecule has 0 heterocycles. The SMILES string of the molecule is CC(C)CCC1CCCC1NC(=O)NCCCO. The zero-order chi connectivity index (χ0) is 13.4. The van der Waals surface area contributed by atoms with Gasteiger partial charge in [0.1, 0.15) is 0 Å². The average Bonchev–Trinajstić information content (AvgIpc) is 2.74. The van der Waals surface area contributed by atoms with Gasteiger partial charge in [0.05, 0.1) is 0 Å². The number of aliphatic hydroxyl groups excluding tert-OH is 1. The first-order valence-corrected chi connectivity index (χ1v) is 7.28. The van der Waals surface area contributed by atoms with E-state index in [-0.39, 0.29) is 12.6 Å². The molecule has 0 saturated heterocycles. The lowest BCUT2D eigenvalue weighted by atomic mass is 9.94. The van der Waals surface area contributed by atoms with Crippen molar-refractivity contribution >= 4 is 6.03 Å². The number of carbonyl (C=O) groups is 1. The monoisotopic (exact) mass is 256 g/mol. The lowest BCUT2D eigenvalue weighted by molar-refractivity contribution is 0.229. The quantitative estimate of drug-likeness (QED) is 0.612. The second-order valence-electron chi connectivity index (χ2n) is 5.75. The van der Waals surface area contributed by atoms with Gasteiger partial charge in [-0.2, -0.15) is 0 Å². The van der Waals surface area contributed by atoms with E-state index in [1.165, 1.54) is 25.7 Å². The third-order valence-corrected chi connectivity index (χ3v) is 3.71. The van der Waals surface area contributed by atoms with E-state index in [1.807, 2.05) is 0 Å². The van der Waals surface area contributed by atoms with Crippen LogP contribution in [0.5, 0.6) is 0 Å². The van der Waals surface area contributed by atoms with Gasteiger partial charge >= 0.3 is 6.03 Å². The first kappa shape index (κ1) is 15.3. The number of amides is 2. The summed E-state index contributed by atoms with van der Waals surface area (Å²) < 4.78 is 0. The summed E-state index contributed by atoms with van der Waals surface area (Å²) in [6.07, 6.45) is 6.66. The smallest absolute Gasteiger partial charge is 0.315 e. The summed E-state index contributed by atoms with van der Waals surface area (Å²) in [5, 5.41) is 14.5. The standard InChI is InChI=1S/C14H28N2O2/c1-11(2)7-8-12-5-3-6-13(12)16-14(18)15-9-4-10-17/h11-13,17H,3-10H2,1-2H3,(H2,15,16,18). The van der Waals surface area contributed by atoms with Crippen LogP contribution in [0.2, 0.25) is 0 Å². The van der Waals surface area contributed by atoms with Crippen LogP contribution in [0.15, 0.2) is 0 Å². The topological polar surface area (TPSA) is 61.4 Å². The molecular weight excluding hydrogens is 228 g/mol. The molecular formula is C14H28N2O2. The maximum atomic E-state index is 11.7. The Balaban J connectivity index is 2.24. The van der Waals surface area contributed by atoms with Gasteiger partial charge in [-0.05, 0) is 37.5 Å². The van der Waals surface area contributed by atoms with Crippen molar-refractivity contribution in [1.82, 2.24) is 10.6 Å². The Morgan fingerprint density at radius 3 is 2.83 bits per heavy atom. The Hall–Kier alpha value is -0.770. The molecule has 0 aromatic carbocycles. The van der Waals surface area contributed by atoms with Gasteiger partial charge in [0.15, 0.2) is 0 Å². The number of hydrogen-bond donors (Lipinski definition) is 3. The molecule has 18 heavy (non-hydrogen) atoms. The van der Waals surface area contributed by atoms with Crippen LogP contribution in [0, 0.1) is 11.8 Å². The van der Waals surface area contributed by atoms with Crippen molar-refractivity contribution in [3.63, 3.8) is 0 Å². The van der Waals surface area contributed by atoms with Gasteiger partial charge in [-0.3, -0.25) is 0 Å². The summed E-state index contributed by atoms with van der Waals surface area (Å²) >= 11 is 0. The van der Waals surface area contributed by atoms with Crippen molar-refractivity contribution < 1.29 is 9.90 Å². The molecule has 0 bridgehead atoms. The fourth-order valence-corrected chi connectivity index (χ4v) is 2.62. The second-order valence-corrected chi connectivity index (χ2v) is 5.75. The normalized spacial score (nSPS) is 23.3. The van der Waals surface area contributed by atoms with E-state index < -0.39 is 0 Å². The highest BCUT2D eigenvalue weighted by molar-refractivity contribution is 5.74. The van der Waals surface area contributed by atoms with Crippen LogP contribution in [-0.4, -0.2) is 30.3 Å². The minimum Gasteiger partial charge on any atom is -0.396 e. The first-order valence-electron chi connectivity index (χ1n) is 7.28. The Morgan fingerprint density at radius 1 is 1.39 bits per heavy atom. The summed E-state index contributed by atoms with van der Waals surface area (Å²) in [7, 11) is 0. The highest BCUT2D eigenvalue weighted by Gasteiger charge is 2.28. The van der Waals surface area contributed by atoms with E-state index in [9.17, 15) is 4.79 Å². The molecule has 0 radical (unpaired) electrons. The third kappa shape index (κ3) is 5.71. The van der Waals surface area contributed by atoms with Crippen molar-refractivity contribution in [2.24, 2.45) is 11.8 Å². The third-order valence-electron chi connectivity index (χ3n) is 3.71. The molecule has 0 aliphatic heterocycles. The van der Waals surface area contributed by atoms with Crippen LogP contribution in [0.25, 0.3) is 0 Å².